The second kappa shape index (κ2) is 9.31. The summed E-state index contributed by atoms with van der Waals surface area (Å²) < 4.78 is 28.2. The van der Waals surface area contributed by atoms with E-state index in [1.165, 1.54) is 11.9 Å². The Labute approximate surface area is 182 Å². The van der Waals surface area contributed by atoms with Gasteiger partial charge in [-0.15, -0.1) is 0 Å². The first kappa shape index (κ1) is 21.1. The number of sulfonamides is 1. The van der Waals surface area contributed by atoms with Gasteiger partial charge in [0.05, 0.1) is 0 Å². The summed E-state index contributed by atoms with van der Waals surface area (Å²) in [4.78, 5) is 9.04. The van der Waals surface area contributed by atoms with Gasteiger partial charge >= 0.3 is 0 Å². The summed E-state index contributed by atoms with van der Waals surface area (Å²) in [5.41, 5.74) is 1.19. The summed E-state index contributed by atoms with van der Waals surface area (Å²) in [6.45, 7) is 5.10. The number of hydrogen-bond donors (Lipinski definition) is 1. The molecule has 8 heteroatoms. The van der Waals surface area contributed by atoms with Crippen molar-refractivity contribution in [3.8, 4) is 0 Å². The predicted molar refractivity (Wildman–Crippen MR) is 122 cm³/mol. The van der Waals surface area contributed by atoms with Crippen molar-refractivity contribution in [2.45, 2.75) is 11.3 Å². The Morgan fingerprint density at radius 2 is 1.70 bits per heavy atom. The summed E-state index contributed by atoms with van der Waals surface area (Å²) in [5.74, 6) is 0. The molecule has 0 unspecified atom stereocenters. The van der Waals surface area contributed by atoms with Crippen molar-refractivity contribution in [1.29, 1.82) is 0 Å². The number of hydrogen-bond acceptors (Lipinski definition) is 5. The van der Waals surface area contributed by atoms with Crippen LogP contribution in [0.5, 0.6) is 0 Å². The Kier molecular flexibility index (Phi) is 6.53. The van der Waals surface area contributed by atoms with E-state index in [0.29, 0.717) is 11.9 Å². The van der Waals surface area contributed by atoms with E-state index < -0.39 is 10.0 Å². The fourth-order valence-electron chi connectivity index (χ4n) is 3.77. The van der Waals surface area contributed by atoms with Crippen molar-refractivity contribution < 1.29 is 8.42 Å². The molecule has 0 spiro atoms. The molecule has 4 rings (SSSR count). The lowest BCUT2D eigenvalue weighted by atomic mass is 10.2. The van der Waals surface area contributed by atoms with Gasteiger partial charge in [-0.1, -0.05) is 35.9 Å². The van der Waals surface area contributed by atoms with Crippen molar-refractivity contribution in [3.05, 3.63) is 65.9 Å². The average Bonchev–Trinajstić information content (AvgIpc) is 2.77. The summed E-state index contributed by atoms with van der Waals surface area (Å²) >= 11 is 5.97. The zero-order valence-corrected chi connectivity index (χ0v) is 18.2. The minimum Gasteiger partial charge on any atom is -0.369 e. The van der Waals surface area contributed by atoms with Gasteiger partial charge in [-0.3, -0.25) is 9.88 Å². The molecule has 0 radical (unpaired) electrons. The van der Waals surface area contributed by atoms with Crippen LogP contribution in [-0.2, 0) is 10.0 Å². The summed E-state index contributed by atoms with van der Waals surface area (Å²) in [6, 6.07) is 15.3. The summed E-state index contributed by atoms with van der Waals surface area (Å²) in [6.07, 6.45) is 3.86. The van der Waals surface area contributed by atoms with Crippen LogP contribution in [0.4, 0.5) is 5.69 Å². The van der Waals surface area contributed by atoms with Crippen molar-refractivity contribution in [2.75, 3.05) is 44.2 Å². The minimum atomic E-state index is -3.59. The quantitative estimate of drug-likeness (QED) is 0.566. The second-order valence-electron chi connectivity index (χ2n) is 7.42. The zero-order valence-electron chi connectivity index (χ0n) is 16.7. The molecule has 1 N–H and O–H groups in total. The highest BCUT2D eigenvalue weighted by atomic mass is 35.5. The first-order chi connectivity index (χ1) is 14.5. The first-order valence-corrected chi connectivity index (χ1v) is 11.9. The van der Waals surface area contributed by atoms with Gasteiger partial charge in [0.1, 0.15) is 4.90 Å². The minimum absolute atomic E-state index is 0.233. The van der Waals surface area contributed by atoms with Crippen LogP contribution >= 0.6 is 11.6 Å². The topological polar surface area (TPSA) is 65.5 Å². The van der Waals surface area contributed by atoms with Crippen LogP contribution in [-0.4, -0.2) is 57.6 Å². The van der Waals surface area contributed by atoms with E-state index in [9.17, 15) is 8.42 Å². The molecule has 0 bridgehead atoms. The third-order valence-corrected chi connectivity index (χ3v) is 7.17. The van der Waals surface area contributed by atoms with Gasteiger partial charge in [-0.2, -0.15) is 0 Å². The van der Waals surface area contributed by atoms with Gasteiger partial charge in [0.25, 0.3) is 0 Å². The Hall–Kier alpha value is -2.19. The van der Waals surface area contributed by atoms with Gasteiger partial charge < -0.3 is 4.90 Å². The van der Waals surface area contributed by atoms with Crippen LogP contribution in [0.1, 0.15) is 6.42 Å². The van der Waals surface area contributed by atoms with Crippen molar-refractivity contribution >= 4 is 38.1 Å². The van der Waals surface area contributed by atoms with E-state index in [4.69, 9.17) is 11.6 Å². The van der Waals surface area contributed by atoms with Crippen LogP contribution in [0.3, 0.4) is 0 Å². The monoisotopic (exact) mass is 444 g/mol. The predicted octanol–water partition coefficient (Wildman–Crippen LogP) is 3.38. The van der Waals surface area contributed by atoms with Crippen LogP contribution in [0.25, 0.3) is 10.8 Å². The first-order valence-electron chi connectivity index (χ1n) is 10.1. The van der Waals surface area contributed by atoms with E-state index in [1.807, 2.05) is 36.4 Å². The molecule has 2 aromatic carbocycles. The lowest BCUT2D eigenvalue weighted by Gasteiger charge is -2.36. The molecule has 30 heavy (non-hydrogen) atoms. The molecule has 1 fully saturated rings. The van der Waals surface area contributed by atoms with E-state index in [2.05, 4.69) is 31.6 Å². The fourth-order valence-corrected chi connectivity index (χ4v) is 5.14. The molecule has 0 aliphatic carbocycles. The Balaban J connectivity index is 1.26. The second-order valence-corrected chi connectivity index (χ2v) is 9.59. The average molecular weight is 445 g/mol. The number of nitrogens with zero attached hydrogens (tertiary/aromatic N) is 3. The number of fused-ring (bicyclic) bond motifs is 1. The molecule has 6 nitrogen and oxygen atoms in total. The highest BCUT2D eigenvalue weighted by Gasteiger charge is 2.19. The molecule has 158 valence electrons. The van der Waals surface area contributed by atoms with E-state index >= 15 is 0 Å². The number of benzene rings is 2. The maximum atomic E-state index is 12.7. The fraction of sp³-hybridized carbons (Fsp3) is 0.318. The number of anilines is 1. The summed E-state index contributed by atoms with van der Waals surface area (Å²) in [7, 11) is -3.59. The molecule has 1 saturated heterocycles. The molecular weight excluding hydrogens is 420 g/mol. The number of piperazine rings is 1. The normalized spacial score (nSPS) is 15.6. The van der Waals surface area contributed by atoms with Crippen LogP contribution < -0.4 is 9.62 Å². The smallest absolute Gasteiger partial charge is 0.242 e. The SMILES string of the molecule is O=S(=O)(NCCCN1CCN(c2ccc(Cl)cc2)CC1)c1cncc2ccccc12. The number of aromatic nitrogens is 1. The molecule has 1 aliphatic heterocycles. The van der Waals surface area contributed by atoms with Gasteiger partial charge in [-0.05, 0) is 37.2 Å². The Morgan fingerprint density at radius 1 is 0.967 bits per heavy atom. The molecule has 0 atom stereocenters. The Bertz CT molecular complexity index is 1090. The van der Waals surface area contributed by atoms with Gasteiger partial charge in [0, 0.05) is 66.6 Å². The number of nitrogens with one attached hydrogen (secondary N) is 1. The number of halogens is 1. The molecule has 1 aliphatic rings. The standard InChI is InChI=1S/C22H25ClN4O2S/c23-19-6-8-20(9-7-19)27-14-12-26(13-15-27)11-3-10-25-30(28,29)22-17-24-16-18-4-1-2-5-21(18)22/h1-2,4-9,16-17,25H,3,10-15H2. The molecule has 3 aromatic rings. The maximum Gasteiger partial charge on any atom is 0.242 e. The lowest BCUT2D eigenvalue weighted by molar-refractivity contribution is 0.255. The third-order valence-electron chi connectivity index (χ3n) is 5.43. The highest BCUT2D eigenvalue weighted by Crippen LogP contribution is 2.21. The molecule has 0 amide bonds. The van der Waals surface area contributed by atoms with Crippen LogP contribution in [0.2, 0.25) is 5.02 Å². The molecule has 2 heterocycles. The van der Waals surface area contributed by atoms with E-state index in [1.54, 1.807) is 6.20 Å². The molecular formula is C22H25ClN4O2S. The number of rotatable bonds is 7. The van der Waals surface area contributed by atoms with Gasteiger partial charge in [-0.25, -0.2) is 13.1 Å². The highest BCUT2D eigenvalue weighted by molar-refractivity contribution is 7.89. The van der Waals surface area contributed by atoms with Crippen molar-refractivity contribution in [2.24, 2.45) is 0 Å². The molecule has 1 aromatic heterocycles. The van der Waals surface area contributed by atoms with Gasteiger partial charge in [0.15, 0.2) is 0 Å². The lowest BCUT2D eigenvalue weighted by Crippen LogP contribution is -2.47. The zero-order chi connectivity index (χ0) is 21.0. The largest absolute Gasteiger partial charge is 0.369 e. The van der Waals surface area contributed by atoms with Crippen LogP contribution in [0.15, 0.2) is 65.8 Å². The van der Waals surface area contributed by atoms with E-state index in [-0.39, 0.29) is 4.90 Å². The summed E-state index contributed by atoms with van der Waals surface area (Å²) in [5, 5.41) is 2.26. The number of pyridine rings is 1. The maximum absolute atomic E-state index is 12.7. The van der Waals surface area contributed by atoms with Crippen molar-refractivity contribution in [1.82, 2.24) is 14.6 Å². The van der Waals surface area contributed by atoms with Crippen LogP contribution in [0, 0.1) is 0 Å². The van der Waals surface area contributed by atoms with Crippen molar-refractivity contribution in [3.63, 3.8) is 0 Å². The third kappa shape index (κ3) is 4.92. The molecule has 0 saturated carbocycles. The van der Waals surface area contributed by atoms with E-state index in [0.717, 1.165) is 49.6 Å². The Morgan fingerprint density at radius 3 is 2.47 bits per heavy atom. The van der Waals surface area contributed by atoms with Gasteiger partial charge in [0.2, 0.25) is 10.0 Å².